The summed E-state index contributed by atoms with van der Waals surface area (Å²) in [6.07, 6.45) is 0.439. The van der Waals surface area contributed by atoms with Crippen molar-refractivity contribution < 1.29 is 17.6 Å². The molecule has 1 atom stereocenters. The van der Waals surface area contributed by atoms with Gasteiger partial charge >= 0.3 is 0 Å². The van der Waals surface area contributed by atoms with Crippen LogP contribution in [-0.4, -0.2) is 37.3 Å². The Morgan fingerprint density at radius 1 is 1.47 bits per heavy atom. The summed E-state index contributed by atoms with van der Waals surface area (Å²) >= 11 is 0. The maximum Gasteiger partial charge on any atom is 0.227 e. The molecular weight excluding hydrogens is 266 g/mol. The van der Waals surface area contributed by atoms with Gasteiger partial charge in [-0.25, -0.2) is 8.42 Å². The highest BCUT2D eigenvalue weighted by Gasteiger charge is 2.35. The van der Waals surface area contributed by atoms with Crippen LogP contribution in [-0.2, 0) is 21.2 Å². The maximum absolute atomic E-state index is 12.3. The SMILES string of the molecule is CCN(Cc1ccc(C)o1)C(=O)C1CCS(=O)(=O)C1. The standard InChI is InChI=1S/C13H19NO4S/c1-3-14(8-12-5-4-10(2)18-12)13(15)11-6-7-19(16,17)9-11/h4-5,11H,3,6-9H2,1-2H3. The van der Waals surface area contributed by atoms with Crippen LogP contribution in [0.5, 0.6) is 0 Å². The zero-order chi connectivity index (χ0) is 14.0. The molecule has 1 saturated heterocycles. The number of nitrogens with zero attached hydrogens (tertiary/aromatic N) is 1. The number of carbonyl (C=O) groups excluding carboxylic acids is 1. The van der Waals surface area contributed by atoms with Gasteiger partial charge in [0.1, 0.15) is 11.5 Å². The van der Waals surface area contributed by atoms with Gasteiger partial charge in [-0.3, -0.25) is 4.79 Å². The number of rotatable bonds is 4. The van der Waals surface area contributed by atoms with Gasteiger partial charge in [0.2, 0.25) is 5.91 Å². The van der Waals surface area contributed by atoms with E-state index in [0.717, 1.165) is 11.5 Å². The topological polar surface area (TPSA) is 67.6 Å². The molecule has 0 aromatic carbocycles. The molecule has 19 heavy (non-hydrogen) atoms. The quantitative estimate of drug-likeness (QED) is 0.838. The van der Waals surface area contributed by atoms with E-state index in [4.69, 9.17) is 4.42 Å². The van der Waals surface area contributed by atoms with Gasteiger partial charge in [0.25, 0.3) is 0 Å². The molecule has 2 rings (SSSR count). The Morgan fingerprint density at radius 3 is 2.68 bits per heavy atom. The first-order chi connectivity index (χ1) is 8.91. The number of aryl methyl sites for hydroxylation is 1. The van der Waals surface area contributed by atoms with E-state index in [1.54, 1.807) is 4.90 Å². The summed E-state index contributed by atoms with van der Waals surface area (Å²) in [4.78, 5) is 14.0. The fourth-order valence-electron chi connectivity index (χ4n) is 2.35. The van der Waals surface area contributed by atoms with Crippen LogP contribution in [0.3, 0.4) is 0 Å². The number of hydrogen-bond acceptors (Lipinski definition) is 4. The lowest BCUT2D eigenvalue weighted by Gasteiger charge is -2.22. The number of hydrogen-bond donors (Lipinski definition) is 0. The summed E-state index contributed by atoms with van der Waals surface area (Å²) in [5, 5.41) is 0. The van der Waals surface area contributed by atoms with Crippen molar-refractivity contribution in [3.05, 3.63) is 23.7 Å². The minimum Gasteiger partial charge on any atom is -0.464 e. The molecule has 1 unspecified atom stereocenters. The molecule has 6 heteroatoms. The van der Waals surface area contributed by atoms with Crippen LogP contribution in [0.2, 0.25) is 0 Å². The second kappa shape index (κ2) is 5.36. The van der Waals surface area contributed by atoms with E-state index in [-0.39, 0.29) is 23.3 Å². The molecule has 2 heterocycles. The highest BCUT2D eigenvalue weighted by Crippen LogP contribution is 2.22. The molecule has 0 radical (unpaired) electrons. The lowest BCUT2D eigenvalue weighted by atomic mass is 10.1. The third-order valence-electron chi connectivity index (χ3n) is 3.42. The smallest absolute Gasteiger partial charge is 0.227 e. The van der Waals surface area contributed by atoms with Crippen LogP contribution in [0.25, 0.3) is 0 Å². The number of furan rings is 1. The first kappa shape index (κ1) is 14.1. The van der Waals surface area contributed by atoms with Gasteiger partial charge in [0.05, 0.1) is 24.0 Å². The Balaban J connectivity index is 2.03. The molecule has 1 amide bonds. The Labute approximate surface area is 113 Å². The molecule has 106 valence electrons. The van der Waals surface area contributed by atoms with Crippen molar-refractivity contribution in [2.45, 2.75) is 26.8 Å². The average Bonchev–Trinajstić information content (AvgIpc) is 2.91. The van der Waals surface area contributed by atoms with Crippen molar-refractivity contribution in [1.82, 2.24) is 4.90 Å². The van der Waals surface area contributed by atoms with Crippen LogP contribution >= 0.6 is 0 Å². The van der Waals surface area contributed by atoms with Crippen molar-refractivity contribution in [3.8, 4) is 0 Å². The predicted octanol–water partition coefficient (Wildman–Crippen LogP) is 1.37. The van der Waals surface area contributed by atoms with Crippen LogP contribution in [0.1, 0.15) is 24.9 Å². The number of carbonyl (C=O) groups is 1. The van der Waals surface area contributed by atoms with Crippen LogP contribution in [0.4, 0.5) is 0 Å². The molecule has 5 nitrogen and oxygen atoms in total. The van der Waals surface area contributed by atoms with E-state index >= 15 is 0 Å². The maximum atomic E-state index is 12.3. The van der Waals surface area contributed by atoms with Gasteiger partial charge in [0, 0.05) is 6.54 Å². The molecule has 1 aromatic rings. The highest BCUT2D eigenvalue weighted by atomic mass is 32.2. The van der Waals surface area contributed by atoms with Gasteiger partial charge in [-0.15, -0.1) is 0 Å². The van der Waals surface area contributed by atoms with Crippen LogP contribution in [0.15, 0.2) is 16.5 Å². The highest BCUT2D eigenvalue weighted by molar-refractivity contribution is 7.91. The fourth-order valence-corrected chi connectivity index (χ4v) is 4.08. The van der Waals surface area contributed by atoms with E-state index in [1.165, 1.54) is 0 Å². The van der Waals surface area contributed by atoms with Crippen molar-refractivity contribution in [2.24, 2.45) is 5.92 Å². The molecule has 0 aliphatic carbocycles. The van der Waals surface area contributed by atoms with E-state index in [0.29, 0.717) is 19.5 Å². The summed E-state index contributed by atoms with van der Waals surface area (Å²) in [6.45, 7) is 4.69. The molecular formula is C13H19NO4S. The molecule has 0 saturated carbocycles. The Hall–Kier alpha value is -1.30. The predicted molar refractivity (Wildman–Crippen MR) is 71.3 cm³/mol. The molecule has 1 aromatic heterocycles. The summed E-state index contributed by atoms with van der Waals surface area (Å²) < 4.78 is 28.3. The fraction of sp³-hybridized carbons (Fsp3) is 0.615. The van der Waals surface area contributed by atoms with E-state index < -0.39 is 9.84 Å². The molecule has 1 fully saturated rings. The summed E-state index contributed by atoms with van der Waals surface area (Å²) in [5.74, 6) is 1.18. The molecule has 0 N–H and O–H groups in total. The van der Waals surface area contributed by atoms with Crippen molar-refractivity contribution in [3.63, 3.8) is 0 Å². The van der Waals surface area contributed by atoms with Gasteiger partial charge in [0.15, 0.2) is 9.84 Å². The molecule has 0 bridgehead atoms. The second-order valence-corrected chi connectivity index (χ2v) is 7.19. The second-order valence-electron chi connectivity index (χ2n) is 4.96. The zero-order valence-corrected chi connectivity index (χ0v) is 12.1. The van der Waals surface area contributed by atoms with Gasteiger partial charge < -0.3 is 9.32 Å². The summed E-state index contributed by atoms with van der Waals surface area (Å²) in [6, 6.07) is 3.70. The van der Waals surface area contributed by atoms with Crippen molar-refractivity contribution in [2.75, 3.05) is 18.1 Å². The molecule has 0 spiro atoms. The molecule has 1 aliphatic rings. The van der Waals surface area contributed by atoms with Crippen LogP contribution < -0.4 is 0 Å². The monoisotopic (exact) mass is 285 g/mol. The van der Waals surface area contributed by atoms with Gasteiger partial charge in [-0.05, 0) is 32.4 Å². The third-order valence-corrected chi connectivity index (χ3v) is 5.19. The summed E-state index contributed by atoms with van der Waals surface area (Å²) in [5.41, 5.74) is 0. The minimum atomic E-state index is -3.02. The van der Waals surface area contributed by atoms with Crippen LogP contribution in [0, 0.1) is 12.8 Å². The lowest BCUT2D eigenvalue weighted by Crippen LogP contribution is -2.36. The first-order valence-corrected chi connectivity index (χ1v) is 8.28. The zero-order valence-electron chi connectivity index (χ0n) is 11.3. The van der Waals surface area contributed by atoms with Gasteiger partial charge in [-0.2, -0.15) is 0 Å². The Kier molecular flexibility index (Phi) is 3.99. The van der Waals surface area contributed by atoms with E-state index in [2.05, 4.69) is 0 Å². The Morgan fingerprint density at radius 2 is 2.21 bits per heavy atom. The van der Waals surface area contributed by atoms with Crippen molar-refractivity contribution >= 4 is 15.7 Å². The lowest BCUT2D eigenvalue weighted by molar-refractivity contribution is -0.135. The Bertz CT molecular complexity index is 561. The summed E-state index contributed by atoms with van der Waals surface area (Å²) in [7, 11) is -3.02. The largest absolute Gasteiger partial charge is 0.464 e. The third kappa shape index (κ3) is 3.37. The normalized spacial score (nSPS) is 21.5. The van der Waals surface area contributed by atoms with Crippen molar-refractivity contribution in [1.29, 1.82) is 0 Å². The van der Waals surface area contributed by atoms with E-state index in [9.17, 15) is 13.2 Å². The van der Waals surface area contributed by atoms with Gasteiger partial charge in [-0.1, -0.05) is 0 Å². The average molecular weight is 285 g/mol. The minimum absolute atomic E-state index is 0.0144. The number of amides is 1. The molecule has 1 aliphatic heterocycles. The first-order valence-electron chi connectivity index (χ1n) is 6.46. The number of sulfone groups is 1. The van der Waals surface area contributed by atoms with E-state index in [1.807, 2.05) is 26.0 Å².